The van der Waals surface area contributed by atoms with Crippen LogP contribution in [0.3, 0.4) is 0 Å². The van der Waals surface area contributed by atoms with Crippen molar-refractivity contribution in [1.29, 1.82) is 0 Å². The number of hydrogen-bond acceptors (Lipinski definition) is 9. The van der Waals surface area contributed by atoms with Crippen LogP contribution in [0.2, 0.25) is 0 Å². The van der Waals surface area contributed by atoms with E-state index in [4.69, 9.17) is 4.74 Å². The summed E-state index contributed by atoms with van der Waals surface area (Å²) in [6.45, 7) is 0.520. The molecule has 2 N–H and O–H groups in total. The fourth-order valence-corrected chi connectivity index (χ4v) is 5.75. The van der Waals surface area contributed by atoms with Crippen LogP contribution in [0.5, 0.6) is 5.75 Å². The highest BCUT2D eigenvalue weighted by molar-refractivity contribution is 8.01. The Morgan fingerprint density at radius 1 is 1.22 bits per heavy atom. The van der Waals surface area contributed by atoms with Crippen molar-refractivity contribution in [2.75, 3.05) is 24.7 Å². The number of nitrogens with one attached hydrogen (secondary N) is 2. The number of ether oxygens (including phenoxy) is 1. The van der Waals surface area contributed by atoms with Gasteiger partial charge in [-0.25, -0.2) is 0 Å². The minimum Gasteiger partial charge on any atom is -0.497 e. The molecule has 3 amide bonds. The van der Waals surface area contributed by atoms with Crippen molar-refractivity contribution in [2.24, 2.45) is 0 Å². The van der Waals surface area contributed by atoms with Crippen molar-refractivity contribution in [3.8, 4) is 5.75 Å². The molecule has 0 unspecified atom stereocenters. The van der Waals surface area contributed by atoms with E-state index in [9.17, 15) is 14.4 Å². The van der Waals surface area contributed by atoms with E-state index in [1.54, 1.807) is 7.11 Å². The summed E-state index contributed by atoms with van der Waals surface area (Å²) in [5.74, 6) is -0.0766. The Labute approximate surface area is 194 Å². The minimum atomic E-state index is -0.893. The molecule has 2 aromatic rings. The number of aromatic nitrogens is 2. The van der Waals surface area contributed by atoms with Crippen molar-refractivity contribution in [3.63, 3.8) is 0 Å². The molecular formula is C21H25N5O4S2. The van der Waals surface area contributed by atoms with E-state index >= 15 is 0 Å². The lowest BCUT2D eigenvalue weighted by Crippen LogP contribution is -2.69. The van der Waals surface area contributed by atoms with E-state index in [0.29, 0.717) is 28.9 Å². The highest BCUT2D eigenvalue weighted by Gasteiger charge is 2.50. The molecule has 170 valence electrons. The van der Waals surface area contributed by atoms with Crippen LogP contribution in [-0.2, 0) is 20.9 Å². The fourth-order valence-electron chi connectivity index (χ4n) is 4.12. The zero-order chi connectivity index (χ0) is 22.6. The SMILES string of the molecule is COc1ccc(CNc2nnc(SCC(=O)N3CC(=O)NC(=O)C34CCCCC4)s2)cc1. The van der Waals surface area contributed by atoms with Gasteiger partial charge in [0.15, 0.2) is 4.34 Å². The van der Waals surface area contributed by atoms with Crippen LogP contribution in [0.25, 0.3) is 0 Å². The van der Waals surface area contributed by atoms with Crippen molar-refractivity contribution < 1.29 is 19.1 Å². The Morgan fingerprint density at radius 3 is 2.69 bits per heavy atom. The Morgan fingerprint density at radius 2 is 1.97 bits per heavy atom. The third-order valence-electron chi connectivity index (χ3n) is 5.80. The second-order valence-corrected chi connectivity index (χ2v) is 10.0. The average molecular weight is 476 g/mol. The normalized spacial score (nSPS) is 17.8. The first-order valence-corrected chi connectivity index (χ1v) is 12.3. The van der Waals surface area contributed by atoms with E-state index in [1.807, 2.05) is 24.3 Å². The zero-order valence-electron chi connectivity index (χ0n) is 17.8. The third kappa shape index (κ3) is 4.88. The molecule has 1 aliphatic carbocycles. The number of carbonyl (C=O) groups is 3. The number of methoxy groups -OCH3 is 1. The summed E-state index contributed by atoms with van der Waals surface area (Å²) in [6.07, 6.45) is 3.98. The number of hydrogen-bond donors (Lipinski definition) is 2. The summed E-state index contributed by atoms with van der Waals surface area (Å²) in [5.41, 5.74) is 0.187. The average Bonchev–Trinajstić information content (AvgIpc) is 3.27. The maximum Gasteiger partial charge on any atom is 0.252 e. The summed E-state index contributed by atoms with van der Waals surface area (Å²) in [4.78, 5) is 39.1. The van der Waals surface area contributed by atoms with E-state index < -0.39 is 11.4 Å². The minimum absolute atomic E-state index is 0.0735. The van der Waals surface area contributed by atoms with Gasteiger partial charge in [-0.1, -0.05) is 54.5 Å². The Kier molecular flexibility index (Phi) is 6.95. The number of imide groups is 1. The number of nitrogens with zero attached hydrogens (tertiary/aromatic N) is 3. The van der Waals surface area contributed by atoms with Crippen molar-refractivity contribution in [1.82, 2.24) is 20.4 Å². The summed E-state index contributed by atoms with van der Waals surface area (Å²) in [6, 6.07) is 7.74. The fraction of sp³-hybridized carbons (Fsp3) is 0.476. The molecule has 2 fully saturated rings. The predicted molar refractivity (Wildman–Crippen MR) is 122 cm³/mol. The predicted octanol–water partition coefficient (Wildman–Crippen LogP) is 2.44. The van der Waals surface area contributed by atoms with Crippen LogP contribution in [0, 0.1) is 0 Å². The van der Waals surface area contributed by atoms with E-state index in [0.717, 1.165) is 30.6 Å². The smallest absolute Gasteiger partial charge is 0.252 e. The summed E-state index contributed by atoms with van der Waals surface area (Å²) < 4.78 is 5.81. The molecule has 4 rings (SSSR count). The quantitative estimate of drug-likeness (QED) is 0.464. The highest BCUT2D eigenvalue weighted by Crippen LogP contribution is 2.36. The lowest BCUT2D eigenvalue weighted by Gasteiger charge is -2.47. The van der Waals surface area contributed by atoms with E-state index in [1.165, 1.54) is 28.0 Å². The Hall–Kier alpha value is -2.66. The molecule has 1 aromatic carbocycles. The number of amides is 3. The van der Waals surface area contributed by atoms with Gasteiger partial charge in [0.1, 0.15) is 17.8 Å². The monoisotopic (exact) mass is 475 g/mol. The second kappa shape index (κ2) is 9.86. The molecule has 0 bridgehead atoms. The molecule has 2 aliphatic rings. The van der Waals surface area contributed by atoms with E-state index in [2.05, 4.69) is 20.8 Å². The first-order chi connectivity index (χ1) is 15.5. The molecule has 0 radical (unpaired) electrons. The highest BCUT2D eigenvalue weighted by atomic mass is 32.2. The van der Waals surface area contributed by atoms with Crippen LogP contribution in [0.4, 0.5) is 5.13 Å². The second-order valence-electron chi connectivity index (χ2n) is 7.81. The van der Waals surface area contributed by atoms with Crippen LogP contribution in [0.15, 0.2) is 28.6 Å². The number of thioether (sulfide) groups is 1. The number of piperazine rings is 1. The van der Waals surface area contributed by atoms with Crippen LogP contribution in [0.1, 0.15) is 37.7 Å². The Bertz CT molecular complexity index is 988. The molecule has 1 aromatic heterocycles. The molecule has 2 heterocycles. The van der Waals surface area contributed by atoms with Gasteiger partial charge < -0.3 is 15.0 Å². The standard InChI is InChI=1S/C21H25N5O4S2/c1-30-15-7-5-14(6-8-15)11-22-19-24-25-20(32-19)31-13-17(28)26-12-16(27)23-18(29)21(26)9-3-2-4-10-21/h5-8H,2-4,9-13H2,1H3,(H,22,24)(H,23,27,29). The summed E-state index contributed by atoms with van der Waals surface area (Å²) in [5, 5.41) is 14.6. The van der Waals surface area contributed by atoms with Crippen molar-refractivity contribution >= 4 is 46.0 Å². The molecule has 1 saturated carbocycles. The maximum atomic E-state index is 13.0. The van der Waals surface area contributed by atoms with E-state index in [-0.39, 0.29) is 24.1 Å². The first kappa shape index (κ1) is 22.5. The maximum absolute atomic E-state index is 13.0. The van der Waals surface area contributed by atoms with Crippen molar-refractivity contribution in [2.45, 2.75) is 48.5 Å². The number of benzene rings is 1. The topological polar surface area (TPSA) is 114 Å². The Balaban J connectivity index is 1.33. The zero-order valence-corrected chi connectivity index (χ0v) is 19.4. The molecule has 0 atom stereocenters. The van der Waals surface area contributed by atoms with Gasteiger partial charge in [-0.3, -0.25) is 19.7 Å². The number of rotatable bonds is 7. The molecule has 1 aliphatic heterocycles. The van der Waals surface area contributed by atoms with Crippen LogP contribution >= 0.6 is 23.1 Å². The molecule has 32 heavy (non-hydrogen) atoms. The van der Waals surface area contributed by atoms with Crippen LogP contribution in [-0.4, -0.2) is 57.8 Å². The molecule has 11 heteroatoms. The number of anilines is 1. The lowest BCUT2D eigenvalue weighted by molar-refractivity contribution is -0.158. The van der Waals surface area contributed by atoms with Gasteiger partial charge in [-0.05, 0) is 30.5 Å². The third-order valence-corrected chi connectivity index (χ3v) is 7.80. The van der Waals surface area contributed by atoms with Gasteiger partial charge in [0.05, 0.1) is 12.9 Å². The van der Waals surface area contributed by atoms with Gasteiger partial charge in [0, 0.05) is 6.54 Å². The van der Waals surface area contributed by atoms with Gasteiger partial charge in [0.25, 0.3) is 5.91 Å². The van der Waals surface area contributed by atoms with Crippen molar-refractivity contribution in [3.05, 3.63) is 29.8 Å². The van der Waals surface area contributed by atoms with Gasteiger partial charge in [0.2, 0.25) is 16.9 Å². The first-order valence-electron chi connectivity index (χ1n) is 10.5. The largest absolute Gasteiger partial charge is 0.497 e. The summed E-state index contributed by atoms with van der Waals surface area (Å²) in [7, 11) is 1.63. The van der Waals surface area contributed by atoms with Crippen LogP contribution < -0.4 is 15.4 Å². The van der Waals surface area contributed by atoms with Gasteiger partial charge in [-0.2, -0.15) is 0 Å². The number of carbonyl (C=O) groups excluding carboxylic acids is 3. The van der Waals surface area contributed by atoms with Gasteiger partial charge in [-0.15, -0.1) is 10.2 Å². The molecule has 9 nitrogen and oxygen atoms in total. The summed E-state index contributed by atoms with van der Waals surface area (Å²) >= 11 is 2.64. The lowest BCUT2D eigenvalue weighted by atomic mass is 9.78. The van der Waals surface area contributed by atoms with Gasteiger partial charge >= 0.3 is 0 Å². The molecule has 1 spiro atoms. The molecule has 1 saturated heterocycles. The molecular weight excluding hydrogens is 450 g/mol.